The maximum absolute atomic E-state index is 6.78. The van der Waals surface area contributed by atoms with Gasteiger partial charge >= 0.3 is 0 Å². The van der Waals surface area contributed by atoms with E-state index < -0.39 is 0 Å². The fraction of sp³-hybridized carbons (Fsp3) is 0.0980. The minimum absolute atomic E-state index is 0.0926. The van der Waals surface area contributed by atoms with Crippen LogP contribution < -0.4 is 4.74 Å². The molecule has 0 N–H and O–H groups in total. The number of hydrogen-bond acceptors (Lipinski definition) is 1. The maximum atomic E-state index is 6.78. The molecule has 0 saturated carbocycles. The van der Waals surface area contributed by atoms with Gasteiger partial charge in [0.25, 0.3) is 0 Å². The second-order valence-corrected chi connectivity index (χ2v) is 15.7. The van der Waals surface area contributed by atoms with E-state index in [0.717, 1.165) is 5.75 Å². The molecule has 3 nitrogen and oxygen atoms in total. The van der Waals surface area contributed by atoms with Crippen LogP contribution in [0.2, 0.25) is 0 Å². The molecule has 0 saturated heterocycles. The standard InChI is InChI=1S/C51H36N2O/c1-51(2)42-18-8-5-16-39(42)49-48(51)41-30-34(24-27-45(41)53(49)46-20-11-17-38-37-15-7-10-21-47(37)54-50(38)46)33-23-26-44-40(29-33)36-14-6-9-19-43(36)52(44)35-25-22-31-12-3-4-13-32(31)28-35/h3-30,38,50H,1-2H3. The molecule has 2 aliphatic carbocycles. The Morgan fingerprint density at radius 1 is 0.574 bits per heavy atom. The highest BCUT2D eigenvalue weighted by atomic mass is 16.5. The SMILES string of the molecule is CC1(C)c2ccccc2-c2c1c1cc(-c3ccc4c(c3)c3ccccc3n4-c3ccc4ccccc4c3)ccc1n2C1=CC=CC2c3ccccc3OC12. The molecule has 2 atom stereocenters. The quantitative estimate of drug-likeness (QED) is 0.180. The fourth-order valence-electron chi connectivity index (χ4n) is 10.00. The summed E-state index contributed by atoms with van der Waals surface area (Å²) in [5.74, 6) is 1.17. The monoisotopic (exact) mass is 692 g/mol. The summed E-state index contributed by atoms with van der Waals surface area (Å²) in [4.78, 5) is 0. The summed E-state index contributed by atoms with van der Waals surface area (Å²) >= 11 is 0. The van der Waals surface area contributed by atoms with Gasteiger partial charge in [-0.25, -0.2) is 0 Å². The highest BCUT2D eigenvalue weighted by Gasteiger charge is 2.44. The second kappa shape index (κ2) is 10.7. The zero-order valence-corrected chi connectivity index (χ0v) is 30.1. The van der Waals surface area contributed by atoms with Gasteiger partial charge in [-0.15, -0.1) is 0 Å². The molecule has 9 aromatic rings. The van der Waals surface area contributed by atoms with Crippen molar-refractivity contribution in [1.29, 1.82) is 0 Å². The third kappa shape index (κ3) is 3.96. The average molecular weight is 693 g/mol. The van der Waals surface area contributed by atoms with Crippen LogP contribution in [0.5, 0.6) is 5.75 Å². The van der Waals surface area contributed by atoms with E-state index in [1.54, 1.807) is 0 Å². The van der Waals surface area contributed by atoms with Crippen molar-refractivity contribution in [3.8, 4) is 33.8 Å². The molecule has 0 radical (unpaired) electrons. The summed E-state index contributed by atoms with van der Waals surface area (Å²) in [5, 5.41) is 6.31. The lowest BCUT2D eigenvalue weighted by molar-refractivity contribution is 0.272. The first-order valence-corrected chi connectivity index (χ1v) is 19.0. The van der Waals surface area contributed by atoms with Crippen molar-refractivity contribution in [3.05, 3.63) is 187 Å². The van der Waals surface area contributed by atoms with Gasteiger partial charge < -0.3 is 13.9 Å². The first-order valence-electron chi connectivity index (χ1n) is 19.0. The van der Waals surface area contributed by atoms with Crippen LogP contribution in [0.15, 0.2) is 170 Å². The van der Waals surface area contributed by atoms with Crippen molar-refractivity contribution in [1.82, 2.24) is 9.13 Å². The van der Waals surface area contributed by atoms with Crippen molar-refractivity contribution < 1.29 is 4.74 Å². The van der Waals surface area contributed by atoms with Gasteiger partial charge in [0, 0.05) is 44.3 Å². The summed E-state index contributed by atoms with van der Waals surface area (Å²) in [5.41, 5.74) is 14.9. The van der Waals surface area contributed by atoms with E-state index in [9.17, 15) is 0 Å². The first-order chi connectivity index (χ1) is 26.5. The van der Waals surface area contributed by atoms with Crippen molar-refractivity contribution in [2.75, 3.05) is 0 Å². The molecule has 54 heavy (non-hydrogen) atoms. The maximum Gasteiger partial charge on any atom is 0.149 e. The number of hydrogen-bond donors (Lipinski definition) is 0. The van der Waals surface area contributed by atoms with Gasteiger partial charge in [0.15, 0.2) is 0 Å². The van der Waals surface area contributed by atoms with Crippen molar-refractivity contribution >= 4 is 49.2 Å². The Labute approximate surface area is 313 Å². The van der Waals surface area contributed by atoms with Gasteiger partial charge in [0.2, 0.25) is 0 Å². The van der Waals surface area contributed by atoms with Crippen LogP contribution in [0, 0.1) is 0 Å². The van der Waals surface area contributed by atoms with Gasteiger partial charge in [0.1, 0.15) is 11.9 Å². The number of ether oxygens (including phenoxy) is 1. The summed E-state index contributed by atoms with van der Waals surface area (Å²) in [7, 11) is 0. The van der Waals surface area contributed by atoms with Crippen LogP contribution >= 0.6 is 0 Å². The normalized spacial score (nSPS) is 17.8. The number of benzene rings is 7. The molecule has 1 aliphatic heterocycles. The Kier molecular flexibility index (Phi) is 5.96. The molecule has 0 fully saturated rings. The van der Waals surface area contributed by atoms with Crippen LogP contribution in [-0.4, -0.2) is 15.2 Å². The van der Waals surface area contributed by atoms with E-state index in [4.69, 9.17) is 4.74 Å². The molecule has 3 heterocycles. The Bertz CT molecular complexity index is 3130. The van der Waals surface area contributed by atoms with Gasteiger partial charge in [-0.2, -0.15) is 0 Å². The third-order valence-corrected chi connectivity index (χ3v) is 12.4. The molecule has 0 spiro atoms. The molecule has 256 valence electrons. The smallest absolute Gasteiger partial charge is 0.149 e. The molecule has 12 rings (SSSR count). The number of fused-ring (bicyclic) bond motifs is 12. The molecule has 3 heteroatoms. The van der Waals surface area contributed by atoms with E-state index in [1.165, 1.54) is 93.9 Å². The lowest BCUT2D eigenvalue weighted by Gasteiger charge is -2.26. The number of nitrogens with zero attached hydrogens (tertiary/aromatic N) is 2. The fourth-order valence-corrected chi connectivity index (χ4v) is 10.00. The van der Waals surface area contributed by atoms with Crippen molar-refractivity contribution in [2.24, 2.45) is 0 Å². The highest BCUT2D eigenvalue weighted by Crippen LogP contribution is 2.56. The van der Waals surface area contributed by atoms with Crippen molar-refractivity contribution in [3.63, 3.8) is 0 Å². The molecule has 2 unspecified atom stereocenters. The highest BCUT2D eigenvalue weighted by molar-refractivity contribution is 6.11. The van der Waals surface area contributed by atoms with Crippen molar-refractivity contribution in [2.45, 2.75) is 31.3 Å². The molecule has 7 aromatic carbocycles. The zero-order chi connectivity index (χ0) is 35.7. The third-order valence-electron chi connectivity index (χ3n) is 12.4. The zero-order valence-electron chi connectivity index (χ0n) is 30.1. The number of allylic oxidation sites excluding steroid dienone is 2. The molecule has 3 aliphatic rings. The van der Waals surface area contributed by atoms with Gasteiger partial charge in [-0.3, -0.25) is 0 Å². The van der Waals surface area contributed by atoms with Gasteiger partial charge in [-0.1, -0.05) is 129 Å². The minimum atomic E-state index is -0.171. The summed E-state index contributed by atoms with van der Waals surface area (Å²) < 4.78 is 11.7. The summed E-state index contributed by atoms with van der Waals surface area (Å²) in [6.45, 7) is 4.78. The molecule has 2 aromatic heterocycles. The van der Waals surface area contributed by atoms with E-state index in [2.05, 4.69) is 193 Å². The minimum Gasteiger partial charge on any atom is -0.483 e. The van der Waals surface area contributed by atoms with E-state index >= 15 is 0 Å². The van der Waals surface area contributed by atoms with Crippen LogP contribution in [0.3, 0.4) is 0 Å². The summed E-state index contributed by atoms with van der Waals surface area (Å²) in [6, 6.07) is 55.8. The molecule has 0 bridgehead atoms. The van der Waals surface area contributed by atoms with Gasteiger partial charge in [-0.05, 0) is 87.6 Å². The topological polar surface area (TPSA) is 19.1 Å². The van der Waals surface area contributed by atoms with Crippen LogP contribution in [0.1, 0.15) is 36.5 Å². The van der Waals surface area contributed by atoms with Crippen LogP contribution in [0.25, 0.3) is 77.2 Å². The first kappa shape index (κ1) is 29.9. The Morgan fingerprint density at radius 3 is 2.17 bits per heavy atom. The Morgan fingerprint density at radius 2 is 1.28 bits per heavy atom. The van der Waals surface area contributed by atoms with Crippen LogP contribution in [-0.2, 0) is 5.41 Å². The lowest BCUT2D eigenvalue weighted by atomic mass is 9.81. The molecular formula is C51H36N2O. The van der Waals surface area contributed by atoms with Gasteiger partial charge in [0.05, 0.1) is 27.9 Å². The Balaban J connectivity index is 1.06. The number of rotatable bonds is 3. The number of aromatic nitrogens is 2. The molecular weight excluding hydrogens is 657 g/mol. The average Bonchev–Trinajstić information content (AvgIpc) is 3.93. The molecule has 0 amide bonds. The Hall–Kier alpha value is -6.58. The predicted octanol–water partition coefficient (Wildman–Crippen LogP) is 12.8. The predicted molar refractivity (Wildman–Crippen MR) is 224 cm³/mol. The van der Waals surface area contributed by atoms with E-state index in [0.29, 0.717) is 0 Å². The largest absolute Gasteiger partial charge is 0.483 e. The van der Waals surface area contributed by atoms with E-state index in [-0.39, 0.29) is 17.4 Å². The summed E-state index contributed by atoms with van der Waals surface area (Å²) in [6.07, 6.45) is 6.71. The number of para-hydroxylation sites is 2. The second-order valence-electron chi connectivity index (χ2n) is 15.7. The lowest BCUT2D eigenvalue weighted by Crippen LogP contribution is -2.25. The van der Waals surface area contributed by atoms with E-state index in [1.807, 2.05) is 0 Å². The van der Waals surface area contributed by atoms with Crippen LogP contribution in [0.4, 0.5) is 0 Å².